The number of ketones is 1. The van der Waals surface area contributed by atoms with E-state index in [2.05, 4.69) is 0 Å². The number of hydrogen-bond acceptors (Lipinski definition) is 4. The van der Waals surface area contributed by atoms with Gasteiger partial charge in [-0.25, -0.2) is 0 Å². The Labute approximate surface area is 131 Å². The molecule has 5 heteroatoms. The highest BCUT2D eigenvalue weighted by Gasteiger charge is 2.19. The van der Waals surface area contributed by atoms with E-state index in [1.165, 1.54) is 11.3 Å². The molecule has 0 spiro atoms. The highest BCUT2D eigenvalue weighted by molar-refractivity contribution is 7.21. The van der Waals surface area contributed by atoms with Crippen molar-refractivity contribution < 1.29 is 15.0 Å². The zero-order valence-electron chi connectivity index (χ0n) is 11.2. The maximum atomic E-state index is 12.3. The minimum atomic E-state index is -0.171. The summed E-state index contributed by atoms with van der Waals surface area (Å²) in [6, 6.07) is 14.1. The Kier molecular flexibility index (Phi) is 4.96. The van der Waals surface area contributed by atoms with Gasteiger partial charge < -0.3 is 10.2 Å². The van der Waals surface area contributed by atoms with Crippen molar-refractivity contribution in [3.05, 3.63) is 64.0 Å². The molecule has 0 aliphatic heterocycles. The first-order valence-corrected chi connectivity index (χ1v) is 7.32. The fraction of sp³-hybridized carbons (Fsp3) is 0.0625. The quantitative estimate of drug-likeness (QED) is 0.699. The van der Waals surface area contributed by atoms with Gasteiger partial charge in [-0.15, -0.1) is 11.3 Å². The van der Waals surface area contributed by atoms with Crippen molar-refractivity contribution in [2.45, 2.75) is 0 Å². The molecule has 3 rings (SSSR count). The van der Waals surface area contributed by atoms with E-state index in [0.717, 1.165) is 11.8 Å². The number of carbonyl (C=O) groups excluding carboxylic acids is 1. The predicted molar refractivity (Wildman–Crippen MR) is 86.5 cm³/mol. The maximum absolute atomic E-state index is 12.3. The molecular formula is C16H13ClO3S. The highest BCUT2D eigenvalue weighted by Crippen LogP contribution is 2.39. The van der Waals surface area contributed by atoms with Crippen molar-refractivity contribution in [2.24, 2.45) is 0 Å². The van der Waals surface area contributed by atoms with Crippen LogP contribution in [-0.4, -0.2) is 23.1 Å². The normalized spacial score (nSPS) is 10.0. The Bertz CT molecular complexity index is 766. The molecule has 1 heterocycles. The molecule has 1 aromatic heterocycles. The van der Waals surface area contributed by atoms with Gasteiger partial charge in [0.2, 0.25) is 5.78 Å². The number of fused-ring (bicyclic) bond motifs is 1. The molecule has 0 fully saturated rings. The Morgan fingerprint density at radius 3 is 2.43 bits per heavy atom. The molecule has 3 aromatic rings. The largest absolute Gasteiger partial charge is 0.506 e. The number of thiophene rings is 1. The fourth-order valence-corrected chi connectivity index (χ4v) is 3.27. The van der Waals surface area contributed by atoms with Gasteiger partial charge in [0, 0.05) is 27.8 Å². The molecule has 0 unspecified atom stereocenters. The summed E-state index contributed by atoms with van der Waals surface area (Å²) in [7, 11) is 1.00. The summed E-state index contributed by atoms with van der Waals surface area (Å²) in [5.74, 6) is -0.138. The number of benzene rings is 2. The van der Waals surface area contributed by atoms with E-state index >= 15 is 0 Å². The number of rotatable bonds is 2. The van der Waals surface area contributed by atoms with E-state index in [9.17, 15) is 9.90 Å². The summed E-state index contributed by atoms with van der Waals surface area (Å²) in [5, 5.41) is 18.4. The summed E-state index contributed by atoms with van der Waals surface area (Å²) >= 11 is 7.17. The van der Waals surface area contributed by atoms with Gasteiger partial charge in [-0.05, 0) is 18.2 Å². The molecular weight excluding hydrogens is 308 g/mol. The van der Waals surface area contributed by atoms with Gasteiger partial charge in [0.1, 0.15) is 10.6 Å². The molecule has 0 aliphatic rings. The highest BCUT2D eigenvalue weighted by atomic mass is 35.5. The van der Waals surface area contributed by atoms with Crippen molar-refractivity contribution in [2.75, 3.05) is 7.11 Å². The molecule has 2 N–H and O–H groups in total. The lowest BCUT2D eigenvalue weighted by atomic mass is 10.1. The number of aliphatic hydroxyl groups excluding tert-OH is 1. The van der Waals surface area contributed by atoms with Crippen LogP contribution in [0.25, 0.3) is 10.1 Å². The van der Waals surface area contributed by atoms with Crippen LogP contribution in [-0.2, 0) is 0 Å². The predicted octanol–water partition coefficient (Wildman–Crippen LogP) is 4.10. The molecule has 0 saturated heterocycles. The Hall–Kier alpha value is -1.88. The van der Waals surface area contributed by atoms with Crippen LogP contribution in [0.3, 0.4) is 0 Å². The summed E-state index contributed by atoms with van der Waals surface area (Å²) in [4.78, 5) is 12.7. The third-order valence-electron chi connectivity index (χ3n) is 2.87. The van der Waals surface area contributed by atoms with Crippen LogP contribution < -0.4 is 0 Å². The molecule has 0 aliphatic carbocycles. The van der Waals surface area contributed by atoms with Crippen molar-refractivity contribution in [1.29, 1.82) is 0 Å². The monoisotopic (exact) mass is 320 g/mol. The molecule has 0 saturated carbocycles. The van der Waals surface area contributed by atoms with Crippen LogP contribution in [0.4, 0.5) is 0 Å². The van der Waals surface area contributed by atoms with E-state index in [4.69, 9.17) is 16.7 Å². The smallest absolute Gasteiger partial charge is 0.206 e. The van der Waals surface area contributed by atoms with Gasteiger partial charge in [-0.3, -0.25) is 4.79 Å². The van der Waals surface area contributed by atoms with E-state index in [1.54, 1.807) is 42.5 Å². The summed E-state index contributed by atoms with van der Waals surface area (Å²) in [5.41, 5.74) is 0.565. The minimum Gasteiger partial charge on any atom is -0.506 e. The average Bonchev–Trinajstić information content (AvgIpc) is 2.85. The zero-order chi connectivity index (χ0) is 15.4. The third kappa shape index (κ3) is 3.08. The van der Waals surface area contributed by atoms with Gasteiger partial charge in [-0.2, -0.15) is 0 Å². The molecule has 0 bridgehead atoms. The van der Waals surface area contributed by atoms with Gasteiger partial charge in [-0.1, -0.05) is 41.9 Å². The van der Waals surface area contributed by atoms with Gasteiger partial charge in [0.25, 0.3) is 0 Å². The Morgan fingerprint density at radius 2 is 1.76 bits per heavy atom. The summed E-state index contributed by atoms with van der Waals surface area (Å²) < 4.78 is 0.810. The number of halogens is 1. The van der Waals surface area contributed by atoms with Gasteiger partial charge in [0.05, 0.1) is 0 Å². The van der Waals surface area contributed by atoms with Crippen LogP contribution in [0.2, 0.25) is 5.02 Å². The molecule has 0 atom stereocenters. The first kappa shape index (κ1) is 15.5. The lowest BCUT2D eigenvalue weighted by molar-refractivity contribution is 0.104. The second kappa shape index (κ2) is 6.72. The van der Waals surface area contributed by atoms with Crippen molar-refractivity contribution in [1.82, 2.24) is 0 Å². The second-order valence-electron chi connectivity index (χ2n) is 4.12. The third-order valence-corrected chi connectivity index (χ3v) is 4.24. The Morgan fingerprint density at radius 1 is 1.10 bits per heavy atom. The van der Waals surface area contributed by atoms with Crippen LogP contribution in [0, 0.1) is 0 Å². The van der Waals surface area contributed by atoms with E-state index in [-0.39, 0.29) is 11.5 Å². The molecule has 3 nitrogen and oxygen atoms in total. The van der Waals surface area contributed by atoms with Crippen LogP contribution in [0.5, 0.6) is 5.75 Å². The average molecular weight is 321 g/mol. The van der Waals surface area contributed by atoms with Crippen LogP contribution >= 0.6 is 22.9 Å². The lowest BCUT2D eigenvalue weighted by Crippen LogP contribution is -1.97. The molecule has 21 heavy (non-hydrogen) atoms. The molecule has 0 radical (unpaired) electrons. The number of hydrogen-bond donors (Lipinski definition) is 2. The minimum absolute atomic E-state index is 0.0329. The van der Waals surface area contributed by atoms with E-state index in [0.29, 0.717) is 20.8 Å². The summed E-state index contributed by atoms with van der Waals surface area (Å²) in [6.45, 7) is 0. The van der Waals surface area contributed by atoms with E-state index < -0.39 is 0 Å². The van der Waals surface area contributed by atoms with E-state index in [1.807, 2.05) is 6.07 Å². The summed E-state index contributed by atoms with van der Waals surface area (Å²) in [6.07, 6.45) is 0. The molecule has 2 aromatic carbocycles. The first-order valence-electron chi connectivity index (χ1n) is 6.12. The topological polar surface area (TPSA) is 57.5 Å². The van der Waals surface area contributed by atoms with Crippen molar-refractivity contribution >= 4 is 38.8 Å². The SMILES string of the molecule is CO.O=C(c1ccccc1)c1sc2cc(Cl)ccc2c1O. The molecule has 108 valence electrons. The zero-order valence-corrected chi connectivity index (χ0v) is 12.8. The van der Waals surface area contributed by atoms with Gasteiger partial charge in [0.15, 0.2) is 0 Å². The lowest BCUT2D eigenvalue weighted by Gasteiger charge is -1.98. The first-order chi connectivity index (χ1) is 10.2. The maximum Gasteiger partial charge on any atom is 0.206 e. The molecule has 0 amide bonds. The number of aliphatic hydroxyl groups is 1. The van der Waals surface area contributed by atoms with Crippen LogP contribution in [0.15, 0.2) is 48.5 Å². The second-order valence-corrected chi connectivity index (χ2v) is 5.60. The van der Waals surface area contributed by atoms with Crippen molar-refractivity contribution in [3.8, 4) is 5.75 Å². The van der Waals surface area contributed by atoms with Crippen LogP contribution in [0.1, 0.15) is 15.2 Å². The van der Waals surface area contributed by atoms with Gasteiger partial charge >= 0.3 is 0 Å². The number of aromatic hydroxyl groups is 1. The van der Waals surface area contributed by atoms with Crippen molar-refractivity contribution in [3.63, 3.8) is 0 Å². The standard InChI is InChI=1S/C15H9ClO2S.CH4O/c16-10-6-7-11-12(8-10)19-15(14(11)18)13(17)9-4-2-1-3-5-9;1-2/h1-8,18H;2H,1H3. The number of carbonyl (C=O) groups is 1. The Balaban J connectivity index is 0.000000774. The fourth-order valence-electron chi connectivity index (χ4n) is 1.93.